The average Bonchev–Trinajstić information content (AvgIpc) is 3.15. The van der Waals surface area contributed by atoms with E-state index < -0.39 is 0 Å². The summed E-state index contributed by atoms with van der Waals surface area (Å²) in [5.41, 5.74) is 2.18. The molecule has 0 aliphatic carbocycles. The lowest BCUT2D eigenvalue weighted by molar-refractivity contribution is 0.603. The van der Waals surface area contributed by atoms with Gasteiger partial charge in [-0.1, -0.05) is 42.5 Å². The van der Waals surface area contributed by atoms with E-state index in [1.165, 1.54) is 22.0 Å². The third kappa shape index (κ3) is 2.72. The number of nitrogens with zero attached hydrogens (tertiary/aromatic N) is 5. The molecule has 4 rings (SSSR count). The van der Waals surface area contributed by atoms with Gasteiger partial charge in [0.15, 0.2) is 4.34 Å². The molecule has 7 heteroatoms. The zero-order chi connectivity index (χ0) is 14.8. The highest BCUT2D eigenvalue weighted by Crippen LogP contribution is 2.33. The van der Waals surface area contributed by atoms with Gasteiger partial charge in [-0.2, -0.15) is 0 Å². The van der Waals surface area contributed by atoms with Crippen LogP contribution < -0.4 is 0 Å². The summed E-state index contributed by atoms with van der Waals surface area (Å²) >= 11 is 3.15. The highest BCUT2D eigenvalue weighted by Gasteiger charge is 2.12. The Hall–Kier alpha value is -2.25. The van der Waals surface area contributed by atoms with Gasteiger partial charge in [-0.05, 0) is 39.9 Å². The molecule has 0 N–H and O–H groups in total. The number of thiazole rings is 1. The van der Waals surface area contributed by atoms with Crippen molar-refractivity contribution in [2.24, 2.45) is 0 Å². The fourth-order valence-electron chi connectivity index (χ4n) is 2.10. The number of para-hydroxylation sites is 1. The summed E-state index contributed by atoms with van der Waals surface area (Å²) in [5.74, 6) is 0. The summed E-state index contributed by atoms with van der Waals surface area (Å²) in [6.45, 7) is 0.654. The lowest BCUT2D eigenvalue weighted by Gasteiger charge is -2.02. The van der Waals surface area contributed by atoms with E-state index in [1.54, 1.807) is 16.0 Å². The monoisotopic (exact) mass is 325 g/mol. The molecule has 0 fully saturated rings. The topological polar surface area (TPSA) is 56.5 Å². The van der Waals surface area contributed by atoms with Gasteiger partial charge in [0.05, 0.1) is 16.8 Å². The maximum atomic E-state index is 4.61. The van der Waals surface area contributed by atoms with Gasteiger partial charge in [0.2, 0.25) is 5.16 Å². The molecule has 0 spiro atoms. The van der Waals surface area contributed by atoms with Crippen LogP contribution in [0.2, 0.25) is 0 Å². The summed E-state index contributed by atoms with van der Waals surface area (Å²) in [7, 11) is 0. The molecular weight excluding hydrogens is 314 g/mol. The first-order chi connectivity index (χ1) is 10.9. The molecule has 0 radical (unpaired) electrons. The molecule has 0 aliphatic rings. The summed E-state index contributed by atoms with van der Waals surface area (Å²) in [6, 6.07) is 18.3. The van der Waals surface area contributed by atoms with Crippen LogP contribution in [0.25, 0.3) is 10.2 Å². The first kappa shape index (κ1) is 13.4. The summed E-state index contributed by atoms with van der Waals surface area (Å²) < 4.78 is 3.92. The van der Waals surface area contributed by atoms with Crippen LogP contribution in [-0.4, -0.2) is 25.2 Å². The second-order valence-corrected chi connectivity index (χ2v) is 6.90. The third-order valence-corrected chi connectivity index (χ3v) is 5.20. The van der Waals surface area contributed by atoms with Gasteiger partial charge >= 0.3 is 0 Å². The van der Waals surface area contributed by atoms with Gasteiger partial charge in [0.25, 0.3) is 0 Å². The highest BCUT2D eigenvalue weighted by atomic mass is 32.2. The van der Waals surface area contributed by atoms with Crippen LogP contribution in [0, 0.1) is 0 Å². The maximum absolute atomic E-state index is 4.61. The number of fused-ring (bicyclic) bond motifs is 1. The van der Waals surface area contributed by atoms with Crippen LogP contribution in [0.15, 0.2) is 64.1 Å². The molecule has 0 aliphatic heterocycles. The number of hydrogen-bond acceptors (Lipinski definition) is 6. The quantitative estimate of drug-likeness (QED) is 0.575. The van der Waals surface area contributed by atoms with Crippen molar-refractivity contribution in [2.45, 2.75) is 16.0 Å². The Morgan fingerprint density at radius 1 is 1.00 bits per heavy atom. The van der Waals surface area contributed by atoms with Crippen molar-refractivity contribution >= 4 is 33.3 Å². The molecule has 108 valence electrons. The summed E-state index contributed by atoms with van der Waals surface area (Å²) in [4.78, 5) is 4.61. The molecule has 0 atom stereocenters. The molecule has 4 aromatic rings. The molecule has 0 amide bonds. The second kappa shape index (κ2) is 5.86. The van der Waals surface area contributed by atoms with Crippen LogP contribution in [0.1, 0.15) is 5.56 Å². The van der Waals surface area contributed by atoms with Crippen LogP contribution in [-0.2, 0) is 6.54 Å². The van der Waals surface area contributed by atoms with E-state index in [0.717, 1.165) is 15.0 Å². The zero-order valence-corrected chi connectivity index (χ0v) is 13.1. The SMILES string of the molecule is c1ccc(Cn2nnnc2Sc2nc3ccccc3s2)cc1. The number of aromatic nitrogens is 5. The molecular formula is C15H11N5S2. The Labute approximate surface area is 135 Å². The van der Waals surface area contributed by atoms with E-state index in [-0.39, 0.29) is 0 Å². The Bertz CT molecular complexity index is 867. The van der Waals surface area contributed by atoms with Crippen molar-refractivity contribution < 1.29 is 0 Å². The summed E-state index contributed by atoms with van der Waals surface area (Å²) in [6.07, 6.45) is 0. The largest absolute Gasteiger partial charge is 0.229 e. The Kier molecular flexibility index (Phi) is 3.57. The second-order valence-electron chi connectivity index (χ2n) is 4.65. The maximum Gasteiger partial charge on any atom is 0.216 e. The number of hydrogen-bond donors (Lipinski definition) is 0. The molecule has 0 unspecified atom stereocenters. The zero-order valence-electron chi connectivity index (χ0n) is 11.5. The van der Waals surface area contributed by atoms with Crippen LogP contribution in [0.5, 0.6) is 0 Å². The highest BCUT2D eigenvalue weighted by molar-refractivity contribution is 8.01. The number of benzene rings is 2. The van der Waals surface area contributed by atoms with E-state index in [2.05, 4.69) is 38.7 Å². The van der Waals surface area contributed by atoms with Gasteiger partial charge in [-0.25, -0.2) is 9.67 Å². The summed E-state index contributed by atoms with van der Waals surface area (Å²) in [5, 5.41) is 12.7. The fraction of sp³-hybridized carbons (Fsp3) is 0.0667. The predicted octanol–water partition coefficient (Wildman–Crippen LogP) is 3.48. The Morgan fingerprint density at radius 2 is 1.82 bits per heavy atom. The predicted molar refractivity (Wildman–Crippen MR) is 87.1 cm³/mol. The van der Waals surface area contributed by atoms with Gasteiger partial charge in [0, 0.05) is 0 Å². The first-order valence-electron chi connectivity index (χ1n) is 6.72. The van der Waals surface area contributed by atoms with Gasteiger partial charge < -0.3 is 0 Å². The molecule has 5 nitrogen and oxygen atoms in total. The van der Waals surface area contributed by atoms with E-state index in [1.807, 2.05) is 36.4 Å². The van der Waals surface area contributed by atoms with Crippen LogP contribution in [0.4, 0.5) is 0 Å². The van der Waals surface area contributed by atoms with E-state index in [4.69, 9.17) is 0 Å². The van der Waals surface area contributed by atoms with Crippen molar-refractivity contribution in [3.63, 3.8) is 0 Å². The standard InChI is InChI=1S/C15H11N5S2/c1-2-6-11(7-3-1)10-20-14(17-18-19-20)22-15-16-12-8-4-5-9-13(12)21-15/h1-9H,10H2. The van der Waals surface area contributed by atoms with E-state index >= 15 is 0 Å². The lowest BCUT2D eigenvalue weighted by atomic mass is 10.2. The van der Waals surface area contributed by atoms with Crippen molar-refractivity contribution in [1.29, 1.82) is 0 Å². The number of tetrazole rings is 1. The molecule has 22 heavy (non-hydrogen) atoms. The number of rotatable bonds is 4. The van der Waals surface area contributed by atoms with Crippen molar-refractivity contribution in [1.82, 2.24) is 25.2 Å². The lowest BCUT2D eigenvalue weighted by Crippen LogP contribution is -2.03. The molecule has 0 bridgehead atoms. The van der Waals surface area contributed by atoms with Crippen LogP contribution >= 0.6 is 23.1 Å². The molecule has 0 saturated carbocycles. The van der Waals surface area contributed by atoms with Crippen molar-refractivity contribution in [3.05, 3.63) is 60.2 Å². The fourth-order valence-corrected chi connectivity index (χ4v) is 4.04. The van der Waals surface area contributed by atoms with E-state index in [0.29, 0.717) is 6.54 Å². The normalized spacial score (nSPS) is 11.1. The Balaban J connectivity index is 1.60. The van der Waals surface area contributed by atoms with Gasteiger partial charge in [-0.3, -0.25) is 0 Å². The minimum absolute atomic E-state index is 0.654. The Morgan fingerprint density at radius 3 is 2.68 bits per heavy atom. The van der Waals surface area contributed by atoms with Crippen molar-refractivity contribution in [2.75, 3.05) is 0 Å². The van der Waals surface area contributed by atoms with Gasteiger partial charge in [-0.15, -0.1) is 16.4 Å². The first-order valence-corrected chi connectivity index (χ1v) is 8.35. The van der Waals surface area contributed by atoms with Crippen molar-refractivity contribution in [3.8, 4) is 0 Å². The molecule has 0 saturated heterocycles. The molecule has 2 heterocycles. The average molecular weight is 325 g/mol. The van der Waals surface area contributed by atoms with Crippen LogP contribution in [0.3, 0.4) is 0 Å². The minimum Gasteiger partial charge on any atom is -0.229 e. The molecule has 2 aromatic carbocycles. The van der Waals surface area contributed by atoms with Gasteiger partial charge in [0.1, 0.15) is 0 Å². The molecule has 2 aromatic heterocycles. The van der Waals surface area contributed by atoms with E-state index in [9.17, 15) is 0 Å². The minimum atomic E-state index is 0.654. The smallest absolute Gasteiger partial charge is 0.216 e. The third-order valence-electron chi connectivity index (χ3n) is 3.13.